The molecule has 0 amide bonds. The van der Waals surface area contributed by atoms with Gasteiger partial charge in [0.25, 0.3) is 15.6 Å². The number of nitrogens with one attached hydrogen (secondary N) is 1. The van der Waals surface area contributed by atoms with Gasteiger partial charge in [-0.1, -0.05) is 43.3 Å². The number of benzene rings is 1. The standard InChI is InChI=1S/C28H28N4O4S2/c1-5-21-15-25-23(24(6-2)29-21)11-12-26(33)32(25)16-19-7-9-20(10-8-19)22-13-14-37-28(22)38(34,35)31-27-17(3)18(4)36-30-27/h7-15H,5-6,16H2,1-4H3,(H,30,31). The smallest absolute Gasteiger partial charge is 0.273 e. The lowest BCUT2D eigenvalue weighted by molar-refractivity contribution is 0.399. The topological polar surface area (TPSA) is 107 Å². The fourth-order valence-corrected chi connectivity index (χ4v) is 6.86. The molecule has 0 saturated heterocycles. The lowest BCUT2D eigenvalue weighted by Crippen LogP contribution is -2.20. The number of thiophene rings is 1. The van der Waals surface area contributed by atoms with Crippen molar-refractivity contribution in [3.63, 3.8) is 0 Å². The lowest BCUT2D eigenvalue weighted by Gasteiger charge is -2.14. The van der Waals surface area contributed by atoms with Crippen molar-refractivity contribution in [1.29, 1.82) is 0 Å². The molecule has 4 aromatic heterocycles. The predicted octanol–water partition coefficient (Wildman–Crippen LogP) is 5.70. The van der Waals surface area contributed by atoms with Crippen molar-refractivity contribution in [3.05, 3.63) is 92.5 Å². The number of aromatic nitrogens is 3. The van der Waals surface area contributed by atoms with Crippen LogP contribution in [0.25, 0.3) is 22.0 Å². The summed E-state index contributed by atoms with van der Waals surface area (Å²) in [5.41, 5.74) is 5.68. The fraction of sp³-hybridized carbons (Fsp3) is 0.250. The molecule has 0 atom stereocenters. The number of anilines is 1. The minimum atomic E-state index is -3.87. The number of sulfonamides is 1. The average molecular weight is 549 g/mol. The number of hydrogen-bond acceptors (Lipinski definition) is 7. The Morgan fingerprint density at radius 3 is 2.45 bits per heavy atom. The zero-order chi connectivity index (χ0) is 27.0. The second-order valence-corrected chi connectivity index (χ2v) is 11.9. The zero-order valence-corrected chi connectivity index (χ0v) is 23.2. The molecule has 8 nitrogen and oxygen atoms in total. The molecule has 0 radical (unpaired) electrons. The summed E-state index contributed by atoms with van der Waals surface area (Å²) in [4.78, 5) is 17.6. The van der Waals surface area contributed by atoms with E-state index in [1.165, 1.54) is 0 Å². The van der Waals surface area contributed by atoms with Gasteiger partial charge in [0.1, 0.15) is 9.97 Å². The van der Waals surface area contributed by atoms with Gasteiger partial charge in [-0.15, -0.1) is 11.3 Å². The van der Waals surface area contributed by atoms with Gasteiger partial charge in [-0.05, 0) is 61.4 Å². The third-order valence-electron chi connectivity index (χ3n) is 6.68. The van der Waals surface area contributed by atoms with E-state index in [4.69, 9.17) is 9.51 Å². The van der Waals surface area contributed by atoms with Crippen LogP contribution in [0.15, 0.2) is 67.4 Å². The van der Waals surface area contributed by atoms with E-state index in [2.05, 4.69) is 23.7 Å². The minimum Gasteiger partial charge on any atom is -0.359 e. The molecule has 5 rings (SSSR count). The molecule has 10 heteroatoms. The van der Waals surface area contributed by atoms with Crippen molar-refractivity contribution in [2.75, 3.05) is 4.72 Å². The van der Waals surface area contributed by atoms with Crippen LogP contribution in [0.3, 0.4) is 0 Å². The molecule has 1 aromatic carbocycles. The number of hydrogen-bond donors (Lipinski definition) is 1. The summed E-state index contributed by atoms with van der Waals surface area (Å²) in [6.07, 6.45) is 1.57. The van der Waals surface area contributed by atoms with Crippen LogP contribution in [-0.2, 0) is 29.4 Å². The Balaban J connectivity index is 1.46. The Morgan fingerprint density at radius 2 is 1.79 bits per heavy atom. The molecule has 0 fully saturated rings. The van der Waals surface area contributed by atoms with Crippen molar-refractivity contribution in [2.45, 2.75) is 51.3 Å². The summed E-state index contributed by atoms with van der Waals surface area (Å²) < 4.78 is 35.9. The molecule has 0 aliphatic carbocycles. The maximum Gasteiger partial charge on any atom is 0.273 e. The molecule has 4 heterocycles. The molecule has 38 heavy (non-hydrogen) atoms. The van der Waals surface area contributed by atoms with E-state index < -0.39 is 10.0 Å². The molecule has 5 aromatic rings. The molecule has 196 valence electrons. The summed E-state index contributed by atoms with van der Waals surface area (Å²) in [6, 6.07) is 14.9. The monoisotopic (exact) mass is 548 g/mol. The van der Waals surface area contributed by atoms with Gasteiger partial charge < -0.3 is 9.09 Å². The second kappa shape index (κ2) is 10.2. The van der Waals surface area contributed by atoms with Crippen molar-refractivity contribution in [2.24, 2.45) is 0 Å². The van der Waals surface area contributed by atoms with E-state index in [1.807, 2.05) is 36.4 Å². The van der Waals surface area contributed by atoms with Gasteiger partial charge in [-0.25, -0.2) is 8.42 Å². The SMILES string of the molecule is CCc1cc2c(ccc(=O)n2Cc2ccc(-c3ccsc3S(=O)(=O)Nc3noc(C)c3C)cc2)c(CC)n1. The highest BCUT2D eigenvalue weighted by Gasteiger charge is 2.24. The van der Waals surface area contributed by atoms with Crippen LogP contribution in [0.5, 0.6) is 0 Å². The number of aryl methyl sites for hydroxylation is 3. The van der Waals surface area contributed by atoms with Gasteiger partial charge in [0.15, 0.2) is 5.82 Å². The number of nitrogens with zero attached hydrogens (tertiary/aromatic N) is 3. The Morgan fingerprint density at radius 1 is 1.03 bits per heavy atom. The highest BCUT2D eigenvalue weighted by atomic mass is 32.2. The highest BCUT2D eigenvalue weighted by molar-refractivity contribution is 7.94. The van der Waals surface area contributed by atoms with Gasteiger partial charge >= 0.3 is 0 Å². The second-order valence-electron chi connectivity index (χ2n) is 9.09. The Bertz CT molecular complexity index is 1800. The predicted molar refractivity (Wildman–Crippen MR) is 150 cm³/mol. The van der Waals surface area contributed by atoms with Crippen LogP contribution in [0.1, 0.15) is 42.1 Å². The lowest BCUT2D eigenvalue weighted by atomic mass is 10.1. The Hall–Kier alpha value is -3.76. The first kappa shape index (κ1) is 25.9. The van der Waals surface area contributed by atoms with Crippen molar-refractivity contribution in [1.82, 2.24) is 14.7 Å². The first-order valence-electron chi connectivity index (χ1n) is 12.4. The highest BCUT2D eigenvalue weighted by Crippen LogP contribution is 2.34. The van der Waals surface area contributed by atoms with Crippen molar-refractivity contribution < 1.29 is 12.9 Å². The summed E-state index contributed by atoms with van der Waals surface area (Å²) >= 11 is 1.14. The minimum absolute atomic E-state index is 0.0763. The average Bonchev–Trinajstić information content (AvgIpc) is 3.53. The molecule has 0 bridgehead atoms. The number of rotatable bonds is 8. The quantitative estimate of drug-likeness (QED) is 0.266. The van der Waals surface area contributed by atoms with E-state index in [0.717, 1.165) is 57.6 Å². The van der Waals surface area contributed by atoms with Crippen LogP contribution in [0.2, 0.25) is 0 Å². The van der Waals surface area contributed by atoms with Gasteiger partial charge in [0, 0.05) is 34.0 Å². The summed E-state index contributed by atoms with van der Waals surface area (Å²) in [7, 11) is -3.87. The maximum absolute atomic E-state index is 13.2. The summed E-state index contributed by atoms with van der Waals surface area (Å²) in [5, 5.41) is 6.56. The van der Waals surface area contributed by atoms with E-state index in [0.29, 0.717) is 23.4 Å². The van der Waals surface area contributed by atoms with Crippen LogP contribution >= 0.6 is 11.3 Å². The molecule has 0 unspecified atom stereocenters. The first-order valence-corrected chi connectivity index (χ1v) is 14.7. The fourth-order valence-electron chi connectivity index (χ4n) is 4.41. The van der Waals surface area contributed by atoms with Crippen LogP contribution in [-0.4, -0.2) is 23.1 Å². The molecular formula is C28H28N4O4S2. The van der Waals surface area contributed by atoms with E-state index >= 15 is 0 Å². The Labute approximate surface area is 225 Å². The number of fused-ring (bicyclic) bond motifs is 1. The van der Waals surface area contributed by atoms with Crippen LogP contribution in [0.4, 0.5) is 5.82 Å². The van der Waals surface area contributed by atoms with Gasteiger partial charge in [0.2, 0.25) is 0 Å². The van der Waals surface area contributed by atoms with Gasteiger partial charge in [-0.2, -0.15) is 0 Å². The van der Waals surface area contributed by atoms with Crippen molar-refractivity contribution in [3.8, 4) is 11.1 Å². The first-order chi connectivity index (χ1) is 18.2. The number of pyridine rings is 2. The van der Waals surface area contributed by atoms with Crippen LogP contribution in [0, 0.1) is 13.8 Å². The van der Waals surface area contributed by atoms with E-state index in [9.17, 15) is 13.2 Å². The summed E-state index contributed by atoms with van der Waals surface area (Å²) in [5.74, 6) is 0.744. The molecule has 0 spiro atoms. The normalized spacial score (nSPS) is 11.8. The molecule has 0 aliphatic rings. The molecular weight excluding hydrogens is 520 g/mol. The molecule has 1 N–H and O–H groups in total. The van der Waals surface area contributed by atoms with E-state index in [-0.39, 0.29) is 15.6 Å². The summed E-state index contributed by atoms with van der Waals surface area (Å²) in [6.45, 7) is 8.00. The Kier molecular flexibility index (Phi) is 6.93. The largest absolute Gasteiger partial charge is 0.359 e. The molecule has 0 aliphatic heterocycles. The van der Waals surface area contributed by atoms with E-state index in [1.54, 1.807) is 35.9 Å². The third kappa shape index (κ3) is 4.77. The third-order valence-corrected chi connectivity index (χ3v) is 9.51. The van der Waals surface area contributed by atoms with Crippen LogP contribution < -0.4 is 10.3 Å². The zero-order valence-electron chi connectivity index (χ0n) is 21.6. The molecule has 0 saturated carbocycles. The van der Waals surface area contributed by atoms with Crippen molar-refractivity contribution >= 4 is 38.1 Å². The van der Waals surface area contributed by atoms with Gasteiger partial charge in [0.05, 0.1) is 12.1 Å². The van der Waals surface area contributed by atoms with Gasteiger partial charge in [-0.3, -0.25) is 14.5 Å². The maximum atomic E-state index is 13.2.